The Hall–Kier alpha value is -0.0800. The van der Waals surface area contributed by atoms with Crippen LogP contribution < -0.4 is 5.32 Å². The van der Waals surface area contributed by atoms with Crippen molar-refractivity contribution in [2.24, 2.45) is 5.92 Å². The summed E-state index contributed by atoms with van der Waals surface area (Å²) in [6, 6.07) is 0. The van der Waals surface area contributed by atoms with Gasteiger partial charge < -0.3 is 10.2 Å². The summed E-state index contributed by atoms with van der Waals surface area (Å²) in [6.45, 7) is 6.63. The van der Waals surface area contributed by atoms with Crippen LogP contribution >= 0.6 is 0 Å². The second-order valence-corrected chi connectivity index (χ2v) is 5.59. The Morgan fingerprint density at radius 2 is 1.69 bits per heavy atom. The van der Waals surface area contributed by atoms with Gasteiger partial charge in [0, 0.05) is 0 Å². The Bertz CT molecular complexity index is 170. The van der Waals surface area contributed by atoms with E-state index in [4.69, 9.17) is 0 Å². The van der Waals surface area contributed by atoms with Crippen molar-refractivity contribution in [1.82, 2.24) is 10.2 Å². The summed E-state index contributed by atoms with van der Waals surface area (Å²) in [6.07, 6.45) is 11.6. The van der Waals surface area contributed by atoms with Crippen LogP contribution in [0.1, 0.15) is 51.4 Å². The zero-order valence-corrected chi connectivity index (χ0v) is 10.7. The Kier molecular flexibility index (Phi) is 5.64. The van der Waals surface area contributed by atoms with Crippen LogP contribution in [0, 0.1) is 5.92 Å². The summed E-state index contributed by atoms with van der Waals surface area (Å²) in [4.78, 5) is 2.64. The molecule has 2 aliphatic rings. The number of likely N-dealkylation sites (tertiary alicyclic amines) is 1. The van der Waals surface area contributed by atoms with Crippen molar-refractivity contribution >= 4 is 0 Å². The van der Waals surface area contributed by atoms with Gasteiger partial charge in [0.2, 0.25) is 0 Å². The number of unbranched alkanes of at least 4 members (excludes halogenated alkanes) is 2. The topological polar surface area (TPSA) is 15.3 Å². The molecule has 0 aromatic rings. The highest BCUT2D eigenvalue weighted by molar-refractivity contribution is 4.69. The first-order valence-electron chi connectivity index (χ1n) is 7.38. The maximum Gasteiger partial charge on any atom is -0.00183 e. The summed E-state index contributed by atoms with van der Waals surface area (Å²) in [7, 11) is 0. The molecule has 0 radical (unpaired) electrons. The summed E-state index contributed by atoms with van der Waals surface area (Å²) in [5.74, 6) is 1.04. The number of nitrogens with zero attached hydrogens (tertiary/aromatic N) is 1. The van der Waals surface area contributed by atoms with E-state index in [0.717, 1.165) is 5.92 Å². The van der Waals surface area contributed by atoms with Crippen molar-refractivity contribution in [3.8, 4) is 0 Å². The average Bonchev–Trinajstić information content (AvgIpc) is 2.83. The molecule has 2 rings (SSSR count). The third-order valence-electron chi connectivity index (χ3n) is 4.24. The number of hydrogen-bond donors (Lipinski definition) is 1. The lowest BCUT2D eigenvalue weighted by molar-refractivity contribution is 0.314. The number of piperidine rings is 1. The molecule has 0 aromatic heterocycles. The van der Waals surface area contributed by atoms with Crippen molar-refractivity contribution in [1.29, 1.82) is 0 Å². The van der Waals surface area contributed by atoms with Crippen molar-refractivity contribution in [3.63, 3.8) is 0 Å². The molecule has 16 heavy (non-hydrogen) atoms. The number of rotatable bonds is 6. The molecule has 0 aromatic carbocycles. The molecule has 2 aliphatic heterocycles. The average molecular weight is 224 g/mol. The highest BCUT2D eigenvalue weighted by atomic mass is 15.1. The lowest BCUT2D eigenvalue weighted by Crippen LogP contribution is -2.27. The van der Waals surface area contributed by atoms with Crippen LogP contribution in [-0.4, -0.2) is 37.6 Å². The highest BCUT2D eigenvalue weighted by Crippen LogP contribution is 2.19. The molecule has 2 saturated heterocycles. The molecule has 2 heterocycles. The van der Waals surface area contributed by atoms with E-state index in [0.29, 0.717) is 0 Å². The minimum absolute atomic E-state index is 1.04. The third-order valence-corrected chi connectivity index (χ3v) is 4.24. The van der Waals surface area contributed by atoms with Gasteiger partial charge in [-0.05, 0) is 70.7 Å². The van der Waals surface area contributed by atoms with Gasteiger partial charge in [-0.2, -0.15) is 0 Å². The highest BCUT2D eigenvalue weighted by Gasteiger charge is 2.13. The quantitative estimate of drug-likeness (QED) is 0.698. The fraction of sp³-hybridized carbons (Fsp3) is 1.00. The Labute approximate surface area is 101 Å². The standard InChI is InChI=1S/C14H28N2/c1(3-11-16-12-4-5-13-16)2-6-14-7-9-15-10-8-14/h14-15H,1-13H2. The van der Waals surface area contributed by atoms with Gasteiger partial charge in [0.25, 0.3) is 0 Å². The van der Waals surface area contributed by atoms with Crippen molar-refractivity contribution in [2.75, 3.05) is 32.7 Å². The van der Waals surface area contributed by atoms with E-state index in [1.54, 1.807) is 0 Å². The second kappa shape index (κ2) is 7.29. The Balaban J connectivity index is 1.42. The molecule has 0 amide bonds. The predicted octanol–water partition coefficient (Wildman–Crippen LogP) is 2.64. The van der Waals surface area contributed by atoms with E-state index in [1.807, 2.05) is 0 Å². The van der Waals surface area contributed by atoms with Gasteiger partial charge in [0.15, 0.2) is 0 Å². The van der Waals surface area contributed by atoms with Crippen LogP contribution in [-0.2, 0) is 0 Å². The number of nitrogens with one attached hydrogen (secondary N) is 1. The molecule has 1 N–H and O–H groups in total. The van der Waals surface area contributed by atoms with Crippen LogP contribution in [0.4, 0.5) is 0 Å². The minimum Gasteiger partial charge on any atom is -0.317 e. The maximum absolute atomic E-state index is 3.45. The largest absolute Gasteiger partial charge is 0.317 e. The van der Waals surface area contributed by atoms with Gasteiger partial charge in [-0.25, -0.2) is 0 Å². The van der Waals surface area contributed by atoms with Gasteiger partial charge in [-0.3, -0.25) is 0 Å². The molecule has 0 spiro atoms. The molecule has 0 saturated carbocycles. The van der Waals surface area contributed by atoms with Crippen molar-refractivity contribution in [2.45, 2.75) is 51.4 Å². The number of hydrogen-bond acceptors (Lipinski definition) is 2. The van der Waals surface area contributed by atoms with E-state index >= 15 is 0 Å². The molecule has 0 bridgehead atoms. The zero-order chi connectivity index (χ0) is 11.1. The van der Waals surface area contributed by atoms with Crippen LogP contribution in [0.3, 0.4) is 0 Å². The molecule has 0 aliphatic carbocycles. The first kappa shape index (κ1) is 12.4. The maximum atomic E-state index is 3.45. The van der Waals surface area contributed by atoms with Gasteiger partial charge >= 0.3 is 0 Å². The van der Waals surface area contributed by atoms with E-state index in [2.05, 4.69) is 10.2 Å². The smallest absolute Gasteiger partial charge is 0.00183 e. The molecule has 0 atom stereocenters. The monoisotopic (exact) mass is 224 g/mol. The minimum atomic E-state index is 1.04. The summed E-state index contributed by atoms with van der Waals surface area (Å²) in [5, 5.41) is 3.45. The predicted molar refractivity (Wildman–Crippen MR) is 69.7 cm³/mol. The van der Waals surface area contributed by atoms with Gasteiger partial charge in [-0.15, -0.1) is 0 Å². The molecular weight excluding hydrogens is 196 g/mol. The van der Waals surface area contributed by atoms with Gasteiger partial charge in [0.1, 0.15) is 0 Å². The van der Waals surface area contributed by atoms with Crippen LogP contribution in [0.15, 0.2) is 0 Å². The molecule has 2 nitrogen and oxygen atoms in total. The molecular formula is C14H28N2. The fourth-order valence-electron chi connectivity index (χ4n) is 3.12. The first-order valence-corrected chi connectivity index (χ1v) is 7.38. The molecule has 2 heteroatoms. The van der Waals surface area contributed by atoms with Crippen LogP contribution in [0.5, 0.6) is 0 Å². The van der Waals surface area contributed by atoms with E-state index in [-0.39, 0.29) is 0 Å². The van der Waals surface area contributed by atoms with Crippen molar-refractivity contribution in [3.05, 3.63) is 0 Å². The summed E-state index contributed by atoms with van der Waals surface area (Å²) in [5.41, 5.74) is 0. The van der Waals surface area contributed by atoms with Gasteiger partial charge in [-0.1, -0.05) is 19.3 Å². The third kappa shape index (κ3) is 4.42. The zero-order valence-electron chi connectivity index (χ0n) is 10.7. The van der Waals surface area contributed by atoms with E-state index < -0.39 is 0 Å². The Morgan fingerprint density at radius 3 is 2.44 bits per heavy atom. The molecule has 94 valence electrons. The van der Waals surface area contributed by atoms with Crippen LogP contribution in [0.2, 0.25) is 0 Å². The normalized spacial score (nSPS) is 24.0. The first-order chi connectivity index (χ1) is 7.95. The van der Waals surface area contributed by atoms with E-state index in [1.165, 1.54) is 84.1 Å². The lowest BCUT2D eigenvalue weighted by atomic mass is 9.92. The lowest BCUT2D eigenvalue weighted by Gasteiger charge is -2.22. The second-order valence-electron chi connectivity index (χ2n) is 5.59. The van der Waals surface area contributed by atoms with Crippen LogP contribution in [0.25, 0.3) is 0 Å². The van der Waals surface area contributed by atoms with E-state index in [9.17, 15) is 0 Å². The summed E-state index contributed by atoms with van der Waals surface area (Å²) >= 11 is 0. The Morgan fingerprint density at radius 1 is 0.938 bits per heavy atom. The fourth-order valence-corrected chi connectivity index (χ4v) is 3.12. The molecule has 2 fully saturated rings. The van der Waals surface area contributed by atoms with Gasteiger partial charge in [0.05, 0.1) is 0 Å². The van der Waals surface area contributed by atoms with Crippen molar-refractivity contribution < 1.29 is 0 Å². The SMILES string of the molecule is C(CCC1CCNCC1)CCN1CCCC1. The summed E-state index contributed by atoms with van der Waals surface area (Å²) < 4.78 is 0. The molecule has 0 unspecified atom stereocenters.